The zero-order valence-electron chi connectivity index (χ0n) is 7.70. The van der Waals surface area contributed by atoms with Crippen LogP contribution < -0.4 is 5.32 Å². The van der Waals surface area contributed by atoms with E-state index in [1.807, 2.05) is 4.90 Å². The molecular formula is C9H16N2O2. The van der Waals surface area contributed by atoms with Crippen LogP contribution in [0.2, 0.25) is 0 Å². The Bertz CT molecular complexity index is 194. The van der Waals surface area contributed by atoms with Gasteiger partial charge in [-0.1, -0.05) is 6.08 Å². The van der Waals surface area contributed by atoms with Gasteiger partial charge in [0, 0.05) is 26.2 Å². The van der Waals surface area contributed by atoms with Gasteiger partial charge in [0.2, 0.25) is 5.91 Å². The third kappa shape index (κ3) is 2.54. The fourth-order valence-electron chi connectivity index (χ4n) is 1.58. The van der Waals surface area contributed by atoms with Crippen LogP contribution in [-0.2, 0) is 4.79 Å². The first-order chi connectivity index (χ1) is 6.29. The van der Waals surface area contributed by atoms with Gasteiger partial charge in [0.1, 0.15) is 0 Å². The van der Waals surface area contributed by atoms with Crippen LogP contribution in [0.15, 0.2) is 12.7 Å². The van der Waals surface area contributed by atoms with E-state index in [9.17, 15) is 4.79 Å². The van der Waals surface area contributed by atoms with Crippen LogP contribution in [0.1, 0.15) is 6.42 Å². The molecule has 0 bridgehead atoms. The second-order valence-corrected chi connectivity index (χ2v) is 3.10. The standard InChI is InChI=1S/C9H16N2O2/c1-2-5-11-6-4-10-9(13)8(11)3-7-12/h2,8,12H,1,3-7H2,(H,10,13). The molecule has 1 amide bonds. The number of aliphatic hydroxyl groups excluding tert-OH is 1. The Hall–Kier alpha value is -0.870. The molecule has 4 nitrogen and oxygen atoms in total. The summed E-state index contributed by atoms with van der Waals surface area (Å²) in [5.74, 6) is 0.0159. The lowest BCUT2D eigenvalue weighted by atomic mass is 10.1. The first-order valence-corrected chi connectivity index (χ1v) is 4.53. The zero-order valence-corrected chi connectivity index (χ0v) is 7.70. The molecule has 1 fully saturated rings. The predicted molar refractivity (Wildman–Crippen MR) is 50.3 cm³/mol. The van der Waals surface area contributed by atoms with Crippen molar-refractivity contribution in [3.05, 3.63) is 12.7 Å². The minimum absolute atomic E-state index is 0.0159. The summed E-state index contributed by atoms with van der Waals surface area (Å²) < 4.78 is 0. The van der Waals surface area contributed by atoms with E-state index in [2.05, 4.69) is 11.9 Å². The topological polar surface area (TPSA) is 52.6 Å². The van der Waals surface area contributed by atoms with Crippen molar-refractivity contribution < 1.29 is 9.90 Å². The van der Waals surface area contributed by atoms with Crippen LogP contribution in [0.25, 0.3) is 0 Å². The molecule has 0 radical (unpaired) electrons. The Morgan fingerprint density at radius 3 is 3.15 bits per heavy atom. The number of piperazine rings is 1. The summed E-state index contributed by atoms with van der Waals surface area (Å²) in [5.41, 5.74) is 0. The third-order valence-corrected chi connectivity index (χ3v) is 2.21. The minimum Gasteiger partial charge on any atom is -0.396 e. The van der Waals surface area contributed by atoms with Crippen LogP contribution in [0.4, 0.5) is 0 Å². The molecule has 2 N–H and O–H groups in total. The maximum Gasteiger partial charge on any atom is 0.237 e. The predicted octanol–water partition coefficient (Wildman–Crippen LogP) is -0.645. The van der Waals surface area contributed by atoms with E-state index < -0.39 is 0 Å². The SMILES string of the molecule is C=CCN1CCNC(=O)C1CCO. The number of carbonyl (C=O) groups is 1. The molecule has 1 atom stereocenters. The molecule has 1 unspecified atom stereocenters. The van der Waals surface area contributed by atoms with Gasteiger partial charge in [0.05, 0.1) is 6.04 Å². The molecule has 74 valence electrons. The fraction of sp³-hybridized carbons (Fsp3) is 0.667. The van der Waals surface area contributed by atoms with Gasteiger partial charge in [-0.15, -0.1) is 6.58 Å². The lowest BCUT2D eigenvalue weighted by molar-refractivity contribution is -0.129. The van der Waals surface area contributed by atoms with Crippen molar-refractivity contribution in [2.75, 3.05) is 26.2 Å². The molecule has 0 saturated carbocycles. The lowest BCUT2D eigenvalue weighted by Crippen LogP contribution is -2.55. The summed E-state index contributed by atoms with van der Waals surface area (Å²) in [7, 11) is 0. The van der Waals surface area contributed by atoms with Gasteiger partial charge in [-0.25, -0.2) is 0 Å². The Kier molecular flexibility index (Phi) is 3.92. The van der Waals surface area contributed by atoms with Crippen LogP contribution >= 0.6 is 0 Å². The largest absolute Gasteiger partial charge is 0.396 e. The molecule has 1 heterocycles. The molecule has 0 aromatic rings. The summed E-state index contributed by atoms with van der Waals surface area (Å²) in [6.45, 7) is 5.92. The number of amides is 1. The molecule has 0 aromatic heterocycles. The molecule has 0 spiro atoms. The first-order valence-electron chi connectivity index (χ1n) is 4.53. The van der Waals surface area contributed by atoms with E-state index in [4.69, 9.17) is 5.11 Å². The molecule has 0 aliphatic carbocycles. The van der Waals surface area contributed by atoms with Gasteiger partial charge in [0.25, 0.3) is 0 Å². The molecule has 1 saturated heterocycles. The van der Waals surface area contributed by atoms with Gasteiger partial charge >= 0.3 is 0 Å². The lowest BCUT2D eigenvalue weighted by Gasteiger charge is -2.33. The van der Waals surface area contributed by atoms with Crippen LogP contribution in [0, 0.1) is 0 Å². The number of nitrogens with one attached hydrogen (secondary N) is 1. The van der Waals surface area contributed by atoms with Gasteiger partial charge in [-0.3, -0.25) is 9.69 Å². The van der Waals surface area contributed by atoms with Crippen molar-refractivity contribution in [3.63, 3.8) is 0 Å². The van der Waals surface area contributed by atoms with E-state index in [-0.39, 0.29) is 18.6 Å². The average Bonchev–Trinajstić information content (AvgIpc) is 2.11. The Morgan fingerprint density at radius 2 is 2.54 bits per heavy atom. The number of aliphatic hydroxyl groups is 1. The van der Waals surface area contributed by atoms with Crippen LogP contribution in [-0.4, -0.2) is 48.2 Å². The van der Waals surface area contributed by atoms with Gasteiger partial charge in [-0.2, -0.15) is 0 Å². The van der Waals surface area contributed by atoms with Crippen LogP contribution in [0.3, 0.4) is 0 Å². The zero-order chi connectivity index (χ0) is 9.68. The summed E-state index contributed by atoms with van der Waals surface area (Å²) in [6, 6.07) is -0.184. The Labute approximate surface area is 78.2 Å². The number of nitrogens with zero attached hydrogens (tertiary/aromatic N) is 1. The van der Waals surface area contributed by atoms with Crippen molar-refractivity contribution >= 4 is 5.91 Å². The quantitative estimate of drug-likeness (QED) is 0.571. The van der Waals surface area contributed by atoms with Gasteiger partial charge in [-0.05, 0) is 6.42 Å². The summed E-state index contributed by atoms with van der Waals surface area (Å²) >= 11 is 0. The molecule has 0 aromatic carbocycles. The van der Waals surface area contributed by atoms with E-state index in [0.717, 1.165) is 6.54 Å². The first kappa shape index (κ1) is 10.2. The van der Waals surface area contributed by atoms with E-state index in [0.29, 0.717) is 19.5 Å². The van der Waals surface area contributed by atoms with Gasteiger partial charge in [0.15, 0.2) is 0 Å². The second-order valence-electron chi connectivity index (χ2n) is 3.10. The van der Waals surface area contributed by atoms with Crippen molar-refractivity contribution in [2.45, 2.75) is 12.5 Å². The number of hydrogen-bond donors (Lipinski definition) is 2. The van der Waals surface area contributed by atoms with Crippen molar-refractivity contribution in [3.8, 4) is 0 Å². The summed E-state index contributed by atoms with van der Waals surface area (Å²) in [4.78, 5) is 13.4. The number of hydrogen-bond acceptors (Lipinski definition) is 3. The monoisotopic (exact) mass is 184 g/mol. The van der Waals surface area contributed by atoms with Crippen molar-refractivity contribution in [1.82, 2.24) is 10.2 Å². The van der Waals surface area contributed by atoms with E-state index >= 15 is 0 Å². The highest BCUT2D eigenvalue weighted by Gasteiger charge is 2.27. The maximum atomic E-state index is 11.4. The number of carbonyl (C=O) groups excluding carboxylic acids is 1. The second kappa shape index (κ2) is 4.99. The van der Waals surface area contributed by atoms with Crippen LogP contribution in [0.5, 0.6) is 0 Å². The molecule has 13 heavy (non-hydrogen) atoms. The molecular weight excluding hydrogens is 168 g/mol. The Balaban J connectivity index is 2.56. The molecule has 1 rings (SSSR count). The normalized spacial score (nSPS) is 24.1. The highest BCUT2D eigenvalue weighted by Crippen LogP contribution is 2.07. The van der Waals surface area contributed by atoms with E-state index in [1.54, 1.807) is 6.08 Å². The molecule has 1 aliphatic rings. The highest BCUT2D eigenvalue weighted by atomic mass is 16.3. The van der Waals surface area contributed by atoms with Crippen molar-refractivity contribution in [2.24, 2.45) is 0 Å². The molecule has 4 heteroatoms. The highest BCUT2D eigenvalue weighted by molar-refractivity contribution is 5.82. The summed E-state index contributed by atoms with van der Waals surface area (Å²) in [5, 5.41) is 11.6. The minimum atomic E-state index is -0.184. The van der Waals surface area contributed by atoms with Crippen molar-refractivity contribution in [1.29, 1.82) is 0 Å². The maximum absolute atomic E-state index is 11.4. The number of rotatable bonds is 4. The fourth-order valence-corrected chi connectivity index (χ4v) is 1.58. The summed E-state index contributed by atoms with van der Waals surface area (Å²) in [6.07, 6.45) is 2.28. The van der Waals surface area contributed by atoms with E-state index in [1.165, 1.54) is 0 Å². The third-order valence-electron chi connectivity index (χ3n) is 2.21. The average molecular weight is 184 g/mol. The molecule has 1 aliphatic heterocycles. The Morgan fingerprint density at radius 1 is 1.77 bits per heavy atom. The smallest absolute Gasteiger partial charge is 0.237 e. The van der Waals surface area contributed by atoms with Gasteiger partial charge < -0.3 is 10.4 Å².